The third-order valence-corrected chi connectivity index (χ3v) is 4.37. The summed E-state index contributed by atoms with van der Waals surface area (Å²) in [4.78, 5) is 14.4. The molecule has 0 bridgehead atoms. The number of likely N-dealkylation sites (tertiary alicyclic amines) is 1. The van der Waals surface area contributed by atoms with E-state index in [1.165, 1.54) is 5.56 Å². The highest BCUT2D eigenvalue weighted by molar-refractivity contribution is 9.10. The highest BCUT2D eigenvalue weighted by Crippen LogP contribution is 2.28. The maximum Gasteiger partial charge on any atom is 0.253 e. The van der Waals surface area contributed by atoms with E-state index in [1.54, 1.807) is 0 Å². The van der Waals surface area contributed by atoms with E-state index in [9.17, 15) is 4.79 Å². The van der Waals surface area contributed by atoms with Crippen LogP contribution in [0.4, 0.5) is 0 Å². The van der Waals surface area contributed by atoms with Crippen molar-refractivity contribution in [1.29, 1.82) is 0 Å². The Morgan fingerprint density at radius 3 is 2.45 bits per heavy atom. The number of nitrogens with zero attached hydrogens (tertiary/aromatic N) is 1. The van der Waals surface area contributed by atoms with Crippen molar-refractivity contribution in [2.24, 2.45) is 0 Å². The fourth-order valence-electron chi connectivity index (χ4n) is 2.72. The third-order valence-electron chi connectivity index (χ3n) is 3.84. The van der Waals surface area contributed by atoms with E-state index < -0.39 is 0 Å². The van der Waals surface area contributed by atoms with E-state index in [-0.39, 0.29) is 5.91 Å². The van der Waals surface area contributed by atoms with Gasteiger partial charge < -0.3 is 4.90 Å². The van der Waals surface area contributed by atoms with Crippen LogP contribution >= 0.6 is 15.9 Å². The van der Waals surface area contributed by atoms with E-state index in [2.05, 4.69) is 40.2 Å². The maximum atomic E-state index is 12.4. The molecule has 1 heterocycles. The zero-order chi connectivity index (χ0) is 13.9. The monoisotopic (exact) mass is 329 g/mol. The Bertz CT molecular complexity index is 594. The summed E-state index contributed by atoms with van der Waals surface area (Å²) in [6.07, 6.45) is 1.04. The minimum atomic E-state index is 0.144. The molecule has 0 spiro atoms. The largest absolute Gasteiger partial charge is 0.338 e. The number of benzene rings is 2. The van der Waals surface area contributed by atoms with Gasteiger partial charge in [0, 0.05) is 29.0 Å². The number of hydrogen-bond donors (Lipinski definition) is 0. The summed E-state index contributed by atoms with van der Waals surface area (Å²) in [5.74, 6) is 0.598. The molecule has 2 nitrogen and oxygen atoms in total. The number of rotatable bonds is 2. The summed E-state index contributed by atoms with van der Waals surface area (Å²) in [5, 5.41) is 0. The van der Waals surface area contributed by atoms with Gasteiger partial charge in [-0.3, -0.25) is 4.79 Å². The Morgan fingerprint density at radius 2 is 1.75 bits per heavy atom. The number of amides is 1. The topological polar surface area (TPSA) is 20.3 Å². The number of halogens is 1. The second kappa shape index (κ2) is 5.80. The van der Waals surface area contributed by atoms with Crippen LogP contribution in [0.15, 0.2) is 59.1 Å². The average Bonchev–Trinajstić information content (AvgIpc) is 2.98. The van der Waals surface area contributed by atoms with Crippen LogP contribution in [0.25, 0.3) is 0 Å². The van der Waals surface area contributed by atoms with Gasteiger partial charge in [0.1, 0.15) is 0 Å². The van der Waals surface area contributed by atoms with E-state index in [1.807, 2.05) is 35.2 Å². The van der Waals surface area contributed by atoms with Gasteiger partial charge in [-0.15, -0.1) is 0 Å². The highest BCUT2D eigenvalue weighted by atomic mass is 79.9. The first-order chi connectivity index (χ1) is 9.74. The smallest absolute Gasteiger partial charge is 0.253 e. The van der Waals surface area contributed by atoms with Crippen LogP contribution in [0.2, 0.25) is 0 Å². The van der Waals surface area contributed by atoms with E-state index in [0.717, 1.165) is 29.5 Å². The van der Waals surface area contributed by atoms with Crippen molar-refractivity contribution in [3.05, 3.63) is 70.2 Å². The quantitative estimate of drug-likeness (QED) is 0.812. The van der Waals surface area contributed by atoms with Crippen molar-refractivity contribution in [2.75, 3.05) is 13.1 Å². The summed E-state index contributed by atoms with van der Waals surface area (Å²) in [6, 6.07) is 17.9. The van der Waals surface area contributed by atoms with Crippen molar-refractivity contribution < 1.29 is 4.79 Å². The van der Waals surface area contributed by atoms with Crippen molar-refractivity contribution >= 4 is 21.8 Å². The van der Waals surface area contributed by atoms with Crippen LogP contribution in [-0.2, 0) is 0 Å². The Kier molecular flexibility index (Phi) is 3.88. The first-order valence-electron chi connectivity index (χ1n) is 6.84. The van der Waals surface area contributed by atoms with Crippen molar-refractivity contribution in [1.82, 2.24) is 4.90 Å². The van der Waals surface area contributed by atoms with Gasteiger partial charge in [0.25, 0.3) is 5.91 Å². The van der Waals surface area contributed by atoms with Gasteiger partial charge in [-0.2, -0.15) is 0 Å². The molecule has 1 aliphatic rings. The molecule has 1 fully saturated rings. The van der Waals surface area contributed by atoms with Crippen LogP contribution in [0.3, 0.4) is 0 Å². The number of carbonyl (C=O) groups is 1. The minimum absolute atomic E-state index is 0.144. The molecule has 20 heavy (non-hydrogen) atoms. The molecule has 2 aromatic rings. The normalized spacial score (nSPS) is 18.2. The first kappa shape index (κ1) is 13.4. The lowest BCUT2D eigenvalue weighted by molar-refractivity contribution is 0.0791. The SMILES string of the molecule is O=C(c1ccccc1)N1CCC(c2ccc(Br)cc2)C1. The summed E-state index contributed by atoms with van der Waals surface area (Å²) >= 11 is 3.46. The molecule has 0 radical (unpaired) electrons. The van der Waals surface area contributed by atoms with Crippen molar-refractivity contribution in [3.63, 3.8) is 0 Å². The molecule has 0 N–H and O–H groups in total. The molecule has 0 saturated carbocycles. The number of hydrogen-bond acceptors (Lipinski definition) is 1. The molecule has 0 aromatic heterocycles. The molecule has 0 aliphatic carbocycles. The zero-order valence-corrected chi connectivity index (χ0v) is 12.7. The summed E-state index contributed by atoms with van der Waals surface area (Å²) < 4.78 is 1.09. The highest BCUT2D eigenvalue weighted by Gasteiger charge is 2.27. The average molecular weight is 330 g/mol. The van der Waals surface area contributed by atoms with Gasteiger partial charge in [0.2, 0.25) is 0 Å². The molecule has 102 valence electrons. The molecular weight excluding hydrogens is 314 g/mol. The summed E-state index contributed by atoms with van der Waals surface area (Å²) in [6.45, 7) is 1.66. The molecule has 1 amide bonds. The van der Waals surface area contributed by atoms with E-state index in [4.69, 9.17) is 0 Å². The number of carbonyl (C=O) groups excluding carboxylic acids is 1. The van der Waals surface area contributed by atoms with Crippen LogP contribution in [0.5, 0.6) is 0 Å². The van der Waals surface area contributed by atoms with Gasteiger partial charge in [-0.1, -0.05) is 46.3 Å². The molecule has 1 saturated heterocycles. The van der Waals surface area contributed by atoms with Gasteiger partial charge in [-0.25, -0.2) is 0 Å². The second-order valence-electron chi connectivity index (χ2n) is 5.15. The summed E-state index contributed by atoms with van der Waals surface area (Å²) in [7, 11) is 0. The molecule has 3 heteroatoms. The zero-order valence-electron chi connectivity index (χ0n) is 11.1. The molecule has 1 unspecified atom stereocenters. The lowest BCUT2D eigenvalue weighted by atomic mass is 9.99. The predicted octanol–water partition coefficient (Wildman–Crippen LogP) is 4.08. The van der Waals surface area contributed by atoms with Gasteiger partial charge in [0.15, 0.2) is 0 Å². The molecule has 1 atom stereocenters. The van der Waals surface area contributed by atoms with Crippen LogP contribution in [-0.4, -0.2) is 23.9 Å². The van der Waals surface area contributed by atoms with Gasteiger partial charge in [-0.05, 0) is 36.2 Å². The molecule has 2 aromatic carbocycles. The van der Waals surface area contributed by atoms with Crippen molar-refractivity contribution in [2.45, 2.75) is 12.3 Å². The fraction of sp³-hybridized carbons (Fsp3) is 0.235. The van der Waals surface area contributed by atoms with Crippen LogP contribution < -0.4 is 0 Å². The maximum absolute atomic E-state index is 12.4. The predicted molar refractivity (Wildman–Crippen MR) is 83.8 cm³/mol. The van der Waals surface area contributed by atoms with Gasteiger partial charge in [0.05, 0.1) is 0 Å². The lowest BCUT2D eigenvalue weighted by Gasteiger charge is -2.16. The van der Waals surface area contributed by atoms with Crippen LogP contribution in [0.1, 0.15) is 28.3 Å². The Labute approximate surface area is 127 Å². The third kappa shape index (κ3) is 2.78. The fourth-order valence-corrected chi connectivity index (χ4v) is 2.98. The minimum Gasteiger partial charge on any atom is -0.338 e. The van der Waals surface area contributed by atoms with Gasteiger partial charge >= 0.3 is 0 Å². The van der Waals surface area contributed by atoms with Crippen molar-refractivity contribution in [3.8, 4) is 0 Å². The van der Waals surface area contributed by atoms with E-state index >= 15 is 0 Å². The molecule has 1 aliphatic heterocycles. The summed E-state index contributed by atoms with van der Waals surface area (Å²) in [5.41, 5.74) is 2.10. The second-order valence-corrected chi connectivity index (χ2v) is 6.07. The Hall–Kier alpha value is -1.61. The molecular formula is C17H16BrNO. The molecule has 3 rings (SSSR count). The van der Waals surface area contributed by atoms with E-state index in [0.29, 0.717) is 5.92 Å². The first-order valence-corrected chi connectivity index (χ1v) is 7.63. The standard InChI is InChI=1S/C17H16BrNO/c18-16-8-6-13(7-9-16)15-10-11-19(12-15)17(20)14-4-2-1-3-5-14/h1-9,15H,10-12H2. The Morgan fingerprint density at radius 1 is 1.05 bits per heavy atom. The van der Waals surface area contributed by atoms with Crippen LogP contribution in [0, 0.1) is 0 Å². The lowest BCUT2D eigenvalue weighted by Crippen LogP contribution is -2.28. The Balaban J connectivity index is 1.71.